The molecule has 1 aromatic heterocycles. The highest BCUT2D eigenvalue weighted by atomic mass is 35.5. The summed E-state index contributed by atoms with van der Waals surface area (Å²) in [7, 11) is -1.70. The number of rotatable bonds is 10. The molecule has 1 atom stereocenters. The maximum Gasteiger partial charge on any atom is 0.242 e. The first-order valence-electron chi connectivity index (χ1n) is 13.3. The number of carbonyl (C=O) groups excluding carboxylic acids is 2. The third-order valence-electron chi connectivity index (χ3n) is 7.21. The minimum absolute atomic E-state index is 0. The summed E-state index contributed by atoms with van der Waals surface area (Å²) in [5.41, 5.74) is 3.69. The number of nitrogens with one attached hydrogen (secondary N) is 2. The molecule has 0 radical (unpaired) electrons. The maximum absolute atomic E-state index is 13.3. The number of sulfonamides is 1. The van der Waals surface area contributed by atoms with Crippen molar-refractivity contribution in [3.63, 3.8) is 0 Å². The van der Waals surface area contributed by atoms with Gasteiger partial charge in [0.25, 0.3) is 0 Å². The Balaban J connectivity index is 0.00000308. The minimum Gasteiger partial charge on any atom is -0.313 e. The van der Waals surface area contributed by atoms with Crippen LogP contribution in [0.1, 0.15) is 37.5 Å². The first-order valence-corrected chi connectivity index (χ1v) is 15.2. The average molecular weight is 637 g/mol. The molecule has 2 N–H and O–H groups in total. The lowest BCUT2D eigenvalue weighted by atomic mass is 9.90. The van der Waals surface area contributed by atoms with Crippen LogP contribution in [-0.2, 0) is 39.0 Å². The smallest absolute Gasteiger partial charge is 0.242 e. The van der Waals surface area contributed by atoms with Crippen LogP contribution in [0.4, 0.5) is 17.1 Å². The summed E-state index contributed by atoms with van der Waals surface area (Å²) in [4.78, 5) is 34.0. The van der Waals surface area contributed by atoms with Crippen LogP contribution < -0.4 is 19.8 Å². The quantitative estimate of drug-likeness (QED) is 0.315. The molecule has 3 aromatic rings. The monoisotopic (exact) mass is 635 g/mol. The van der Waals surface area contributed by atoms with Gasteiger partial charge in [0.1, 0.15) is 5.41 Å². The van der Waals surface area contributed by atoms with Gasteiger partial charge < -0.3 is 15.1 Å². The van der Waals surface area contributed by atoms with Crippen molar-refractivity contribution >= 4 is 63.7 Å². The highest BCUT2D eigenvalue weighted by molar-refractivity contribution is 7.92. The number of para-hydroxylation sites is 1. The summed E-state index contributed by atoms with van der Waals surface area (Å²) >= 11 is 0. The third kappa shape index (κ3) is 8.01. The fourth-order valence-corrected chi connectivity index (χ4v) is 5.70. The van der Waals surface area contributed by atoms with E-state index in [1.807, 2.05) is 55.6 Å². The fourth-order valence-electron chi connectivity index (χ4n) is 5.11. The van der Waals surface area contributed by atoms with Crippen molar-refractivity contribution in [3.8, 4) is 0 Å². The van der Waals surface area contributed by atoms with E-state index in [0.717, 1.165) is 28.6 Å². The zero-order valence-electron chi connectivity index (χ0n) is 24.5. The molecule has 42 heavy (non-hydrogen) atoms. The number of hydrogen-bond acceptors (Lipinski definition) is 6. The lowest BCUT2D eigenvalue weighted by Gasteiger charge is -2.27. The van der Waals surface area contributed by atoms with Gasteiger partial charge in [-0.25, -0.2) is 8.42 Å². The molecule has 228 valence electrons. The van der Waals surface area contributed by atoms with Crippen LogP contribution in [0.5, 0.6) is 0 Å². The summed E-state index contributed by atoms with van der Waals surface area (Å²) in [5, 5.41) is 3.60. The standard InChI is InChI=1S/C30H37N5O4S.2ClH/c1-6-35-26-14-13-21(18-27(26)34(4)28(36)30(2,3)29(35)37)16-24(17-22-10-9-15-31-19-22)32-20-23-11-7-8-12-25(23)33-40(5,38)39;;/h7-15,18-19,24,32-33H,6,16-17,20H2,1-5H3;2*1H. The molecule has 1 aliphatic rings. The number of nitrogens with zero attached hydrogens (tertiary/aromatic N) is 3. The Morgan fingerprint density at radius 3 is 2.26 bits per heavy atom. The second-order valence-corrected chi connectivity index (χ2v) is 12.5. The molecule has 0 fully saturated rings. The zero-order chi connectivity index (χ0) is 29.1. The number of amides is 2. The number of pyridine rings is 1. The first-order chi connectivity index (χ1) is 18.9. The van der Waals surface area contributed by atoms with Gasteiger partial charge in [0, 0.05) is 38.6 Å². The maximum atomic E-state index is 13.3. The van der Waals surface area contributed by atoms with E-state index in [0.29, 0.717) is 37.3 Å². The lowest BCUT2D eigenvalue weighted by molar-refractivity contribution is -0.137. The highest BCUT2D eigenvalue weighted by Gasteiger charge is 2.45. The highest BCUT2D eigenvalue weighted by Crippen LogP contribution is 2.39. The van der Waals surface area contributed by atoms with Gasteiger partial charge in [0.15, 0.2) is 0 Å². The van der Waals surface area contributed by atoms with Gasteiger partial charge in [-0.1, -0.05) is 30.3 Å². The molecule has 0 spiro atoms. The second kappa shape index (κ2) is 14.3. The number of anilines is 3. The molecule has 1 unspecified atom stereocenters. The fraction of sp³-hybridized carbons (Fsp3) is 0.367. The molecular weight excluding hydrogens is 597 g/mol. The van der Waals surface area contributed by atoms with Crippen molar-refractivity contribution in [2.24, 2.45) is 5.41 Å². The third-order valence-corrected chi connectivity index (χ3v) is 7.80. The number of aromatic nitrogens is 1. The molecule has 0 saturated carbocycles. The van der Waals surface area contributed by atoms with Crippen LogP contribution in [0.25, 0.3) is 0 Å². The predicted molar refractivity (Wildman–Crippen MR) is 173 cm³/mol. The molecule has 2 heterocycles. The Hall–Kier alpha value is -3.18. The molecule has 2 amide bonds. The number of carbonyl (C=O) groups is 2. The van der Waals surface area contributed by atoms with Crippen molar-refractivity contribution < 1.29 is 18.0 Å². The topological polar surface area (TPSA) is 112 Å². The van der Waals surface area contributed by atoms with E-state index in [9.17, 15) is 18.0 Å². The predicted octanol–water partition coefficient (Wildman–Crippen LogP) is 4.60. The van der Waals surface area contributed by atoms with Gasteiger partial charge in [-0.05, 0) is 74.6 Å². The van der Waals surface area contributed by atoms with Crippen LogP contribution in [0, 0.1) is 5.41 Å². The summed E-state index contributed by atoms with van der Waals surface area (Å²) in [5.74, 6) is -0.456. The van der Waals surface area contributed by atoms with E-state index in [4.69, 9.17) is 0 Å². The van der Waals surface area contributed by atoms with Crippen LogP contribution in [0.15, 0.2) is 67.0 Å². The molecule has 0 saturated heterocycles. The average Bonchev–Trinajstić information content (AvgIpc) is 2.96. The molecule has 0 aliphatic carbocycles. The first kappa shape index (κ1) is 35.0. The van der Waals surface area contributed by atoms with E-state index in [-0.39, 0.29) is 42.7 Å². The van der Waals surface area contributed by atoms with Gasteiger partial charge in [0.2, 0.25) is 21.8 Å². The molecule has 2 aromatic carbocycles. The zero-order valence-corrected chi connectivity index (χ0v) is 26.9. The van der Waals surface area contributed by atoms with Crippen LogP contribution in [0.2, 0.25) is 0 Å². The normalized spacial score (nSPS) is 15.2. The summed E-state index contributed by atoms with van der Waals surface area (Å²) in [6.07, 6.45) is 6.03. The number of hydrogen-bond donors (Lipinski definition) is 2. The van der Waals surface area contributed by atoms with Gasteiger partial charge in [-0.2, -0.15) is 0 Å². The van der Waals surface area contributed by atoms with Crippen molar-refractivity contribution in [2.75, 3.05) is 34.4 Å². The van der Waals surface area contributed by atoms with Crippen molar-refractivity contribution in [1.82, 2.24) is 10.3 Å². The lowest BCUT2D eigenvalue weighted by Crippen LogP contribution is -2.47. The Labute approximate surface area is 261 Å². The molecular formula is C30H39Cl2N5O4S. The van der Waals surface area contributed by atoms with E-state index in [1.165, 1.54) is 0 Å². The van der Waals surface area contributed by atoms with E-state index < -0.39 is 15.4 Å². The van der Waals surface area contributed by atoms with Crippen molar-refractivity contribution in [2.45, 2.75) is 46.2 Å². The molecule has 9 nitrogen and oxygen atoms in total. The summed E-state index contributed by atoms with van der Waals surface area (Å²) in [6, 6.07) is 17.1. The molecule has 0 bridgehead atoms. The van der Waals surface area contributed by atoms with Crippen molar-refractivity contribution in [3.05, 3.63) is 83.7 Å². The van der Waals surface area contributed by atoms with Gasteiger partial charge >= 0.3 is 0 Å². The number of halogens is 2. The van der Waals surface area contributed by atoms with Gasteiger partial charge in [-0.3, -0.25) is 19.3 Å². The minimum atomic E-state index is -3.42. The second-order valence-electron chi connectivity index (χ2n) is 10.7. The van der Waals surface area contributed by atoms with Gasteiger partial charge in [-0.15, -0.1) is 24.8 Å². The van der Waals surface area contributed by atoms with Crippen LogP contribution in [-0.4, -0.2) is 51.1 Å². The van der Waals surface area contributed by atoms with E-state index in [2.05, 4.69) is 15.0 Å². The van der Waals surface area contributed by atoms with E-state index in [1.54, 1.807) is 49.0 Å². The number of fused-ring (bicyclic) bond motifs is 1. The molecule has 12 heteroatoms. The summed E-state index contributed by atoms with van der Waals surface area (Å²) in [6.45, 7) is 6.16. The Kier molecular flexibility index (Phi) is 11.9. The van der Waals surface area contributed by atoms with Gasteiger partial charge in [0.05, 0.1) is 23.3 Å². The van der Waals surface area contributed by atoms with Crippen LogP contribution >= 0.6 is 24.8 Å². The Morgan fingerprint density at radius 1 is 0.929 bits per heavy atom. The SMILES string of the molecule is CCN1C(=O)C(C)(C)C(=O)N(C)c2cc(CC(Cc3cccnc3)NCc3ccccc3NS(C)(=O)=O)ccc21.Cl.Cl. The Morgan fingerprint density at radius 2 is 1.62 bits per heavy atom. The van der Waals surface area contributed by atoms with Crippen LogP contribution in [0.3, 0.4) is 0 Å². The summed E-state index contributed by atoms with van der Waals surface area (Å²) < 4.78 is 26.4. The molecule has 1 aliphatic heterocycles. The number of benzene rings is 2. The van der Waals surface area contributed by atoms with E-state index >= 15 is 0 Å². The van der Waals surface area contributed by atoms with Crippen molar-refractivity contribution in [1.29, 1.82) is 0 Å². The molecule has 4 rings (SSSR count). The largest absolute Gasteiger partial charge is 0.313 e. The Bertz CT molecular complexity index is 1500.